The minimum atomic E-state index is 0.292. The van der Waals surface area contributed by atoms with Gasteiger partial charge in [0.25, 0.3) is 0 Å². The van der Waals surface area contributed by atoms with Crippen molar-refractivity contribution in [2.75, 3.05) is 0 Å². The van der Waals surface area contributed by atoms with Crippen LogP contribution in [0.1, 0.15) is 31.7 Å². The summed E-state index contributed by atoms with van der Waals surface area (Å²) >= 11 is 3.47. The van der Waals surface area contributed by atoms with E-state index in [4.69, 9.17) is 0 Å². The van der Waals surface area contributed by atoms with Crippen LogP contribution in [0.2, 0.25) is 0 Å². The summed E-state index contributed by atoms with van der Waals surface area (Å²) in [6, 6.07) is 8.69. The minimum absolute atomic E-state index is 0.292. The molecule has 0 spiro atoms. The lowest BCUT2D eigenvalue weighted by molar-refractivity contribution is 0.295. The van der Waals surface area contributed by atoms with Crippen LogP contribution in [0.3, 0.4) is 0 Å². The molecule has 0 unspecified atom stereocenters. The van der Waals surface area contributed by atoms with E-state index < -0.39 is 0 Å². The van der Waals surface area contributed by atoms with E-state index >= 15 is 0 Å². The summed E-state index contributed by atoms with van der Waals surface area (Å²) in [4.78, 5) is 0. The van der Waals surface area contributed by atoms with Crippen molar-refractivity contribution in [1.29, 1.82) is 0 Å². The minimum Gasteiger partial charge on any atom is -0.0992 e. The van der Waals surface area contributed by atoms with Crippen molar-refractivity contribution >= 4 is 15.9 Å². The number of allylic oxidation sites excluding steroid dienone is 1. The Morgan fingerprint density at radius 3 is 2.21 bits per heavy atom. The van der Waals surface area contributed by atoms with Crippen molar-refractivity contribution in [1.82, 2.24) is 0 Å². The molecule has 0 nitrogen and oxygen atoms in total. The highest BCUT2D eigenvalue weighted by Crippen LogP contribution is 2.48. The standard InChI is InChI=1S/C13H15Br/c1-10(2)13(8-3-9-13)11-4-6-12(14)7-5-11/h4-7H,1,3,8-9H2,2H3. The van der Waals surface area contributed by atoms with Gasteiger partial charge in [-0.3, -0.25) is 0 Å². The third-order valence-electron chi connectivity index (χ3n) is 3.42. The van der Waals surface area contributed by atoms with E-state index in [-0.39, 0.29) is 0 Å². The van der Waals surface area contributed by atoms with E-state index in [0.29, 0.717) is 5.41 Å². The Bertz CT molecular complexity index is 344. The fourth-order valence-electron chi connectivity index (χ4n) is 2.26. The van der Waals surface area contributed by atoms with Gasteiger partial charge in [0.05, 0.1) is 0 Å². The highest BCUT2D eigenvalue weighted by atomic mass is 79.9. The van der Waals surface area contributed by atoms with Crippen molar-refractivity contribution in [3.63, 3.8) is 0 Å². The molecule has 0 saturated heterocycles. The van der Waals surface area contributed by atoms with Crippen LogP contribution in [0.15, 0.2) is 40.9 Å². The molecule has 0 amide bonds. The van der Waals surface area contributed by atoms with Gasteiger partial charge in [-0.15, -0.1) is 0 Å². The average Bonchev–Trinajstić information content (AvgIpc) is 2.05. The van der Waals surface area contributed by atoms with Gasteiger partial charge in [-0.2, -0.15) is 0 Å². The molecule has 0 heterocycles. The Hall–Kier alpha value is -0.560. The molecule has 14 heavy (non-hydrogen) atoms. The fraction of sp³-hybridized carbons (Fsp3) is 0.385. The molecule has 0 bridgehead atoms. The summed E-state index contributed by atoms with van der Waals surface area (Å²) in [6.07, 6.45) is 3.87. The van der Waals surface area contributed by atoms with E-state index in [1.54, 1.807) is 0 Å². The Morgan fingerprint density at radius 2 is 1.86 bits per heavy atom. The highest BCUT2D eigenvalue weighted by Gasteiger charge is 2.38. The second-order valence-electron chi connectivity index (χ2n) is 4.22. The first-order valence-electron chi connectivity index (χ1n) is 5.07. The SMILES string of the molecule is C=C(C)C1(c2ccc(Br)cc2)CCC1. The molecule has 1 aliphatic carbocycles. The summed E-state index contributed by atoms with van der Waals surface area (Å²) < 4.78 is 1.15. The molecule has 0 radical (unpaired) electrons. The van der Waals surface area contributed by atoms with Crippen molar-refractivity contribution in [2.45, 2.75) is 31.6 Å². The monoisotopic (exact) mass is 250 g/mol. The topological polar surface area (TPSA) is 0 Å². The molecule has 1 fully saturated rings. The van der Waals surface area contributed by atoms with E-state index in [1.165, 1.54) is 30.4 Å². The fourth-order valence-corrected chi connectivity index (χ4v) is 2.53. The number of rotatable bonds is 2. The predicted octanol–water partition coefficient (Wildman–Crippen LogP) is 4.45. The maximum Gasteiger partial charge on any atom is 0.0175 e. The lowest BCUT2D eigenvalue weighted by atomic mass is 9.61. The van der Waals surface area contributed by atoms with Crippen molar-refractivity contribution in [3.05, 3.63) is 46.5 Å². The predicted molar refractivity (Wildman–Crippen MR) is 64.5 cm³/mol. The summed E-state index contributed by atoms with van der Waals surface area (Å²) in [5.41, 5.74) is 3.03. The normalized spacial score (nSPS) is 18.7. The number of hydrogen-bond donors (Lipinski definition) is 0. The molecular weight excluding hydrogens is 236 g/mol. The lowest BCUT2D eigenvalue weighted by Crippen LogP contribution is -2.34. The summed E-state index contributed by atoms with van der Waals surface area (Å²) in [5, 5.41) is 0. The van der Waals surface area contributed by atoms with Crippen LogP contribution in [0.4, 0.5) is 0 Å². The molecule has 2 rings (SSSR count). The van der Waals surface area contributed by atoms with Crippen LogP contribution >= 0.6 is 15.9 Å². The summed E-state index contributed by atoms with van der Waals surface area (Å²) in [5.74, 6) is 0. The van der Waals surface area contributed by atoms with Gasteiger partial charge in [0.1, 0.15) is 0 Å². The molecule has 1 heteroatoms. The van der Waals surface area contributed by atoms with E-state index in [2.05, 4.69) is 53.7 Å². The number of halogens is 1. The van der Waals surface area contributed by atoms with Crippen LogP contribution in [0.5, 0.6) is 0 Å². The quantitative estimate of drug-likeness (QED) is 0.681. The van der Waals surface area contributed by atoms with Gasteiger partial charge in [0.15, 0.2) is 0 Å². The molecule has 0 aliphatic heterocycles. The van der Waals surface area contributed by atoms with Gasteiger partial charge in [0.2, 0.25) is 0 Å². The van der Waals surface area contributed by atoms with Gasteiger partial charge < -0.3 is 0 Å². The largest absolute Gasteiger partial charge is 0.0992 e. The average molecular weight is 251 g/mol. The number of benzene rings is 1. The molecule has 0 aromatic heterocycles. The van der Waals surface area contributed by atoms with E-state index in [9.17, 15) is 0 Å². The molecule has 1 aromatic carbocycles. The zero-order valence-corrected chi connectivity index (χ0v) is 10.1. The molecule has 74 valence electrons. The van der Waals surface area contributed by atoms with Gasteiger partial charge in [-0.05, 0) is 37.5 Å². The van der Waals surface area contributed by atoms with E-state index in [1.807, 2.05) is 0 Å². The smallest absolute Gasteiger partial charge is 0.0175 e. The van der Waals surface area contributed by atoms with Crippen LogP contribution in [-0.4, -0.2) is 0 Å². The van der Waals surface area contributed by atoms with Gasteiger partial charge in [0, 0.05) is 9.89 Å². The first kappa shape index (κ1) is 9.97. The Kier molecular flexibility index (Phi) is 2.52. The molecule has 0 atom stereocenters. The Labute approximate surface area is 94.2 Å². The highest BCUT2D eigenvalue weighted by molar-refractivity contribution is 9.10. The van der Waals surface area contributed by atoms with Gasteiger partial charge >= 0.3 is 0 Å². The van der Waals surface area contributed by atoms with Crippen LogP contribution in [0.25, 0.3) is 0 Å². The third-order valence-corrected chi connectivity index (χ3v) is 3.95. The molecule has 1 aromatic rings. The number of hydrogen-bond acceptors (Lipinski definition) is 0. The zero-order chi connectivity index (χ0) is 10.2. The van der Waals surface area contributed by atoms with Crippen LogP contribution in [0, 0.1) is 0 Å². The molecular formula is C13H15Br. The second kappa shape index (κ2) is 3.54. The van der Waals surface area contributed by atoms with Gasteiger partial charge in [-0.1, -0.05) is 46.6 Å². The Morgan fingerprint density at radius 1 is 1.29 bits per heavy atom. The van der Waals surface area contributed by atoms with Crippen LogP contribution in [-0.2, 0) is 5.41 Å². The van der Waals surface area contributed by atoms with Crippen molar-refractivity contribution < 1.29 is 0 Å². The third kappa shape index (κ3) is 1.44. The van der Waals surface area contributed by atoms with Gasteiger partial charge in [-0.25, -0.2) is 0 Å². The zero-order valence-electron chi connectivity index (χ0n) is 8.52. The summed E-state index contributed by atoms with van der Waals surface area (Å²) in [7, 11) is 0. The Balaban J connectivity index is 2.37. The van der Waals surface area contributed by atoms with Crippen LogP contribution < -0.4 is 0 Å². The molecule has 0 N–H and O–H groups in total. The maximum atomic E-state index is 4.14. The summed E-state index contributed by atoms with van der Waals surface area (Å²) in [6.45, 7) is 6.29. The molecule has 1 aliphatic rings. The van der Waals surface area contributed by atoms with Crippen molar-refractivity contribution in [3.8, 4) is 0 Å². The molecule has 1 saturated carbocycles. The second-order valence-corrected chi connectivity index (χ2v) is 5.14. The lowest BCUT2D eigenvalue weighted by Gasteiger charge is -2.43. The first-order chi connectivity index (χ1) is 6.65. The first-order valence-corrected chi connectivity index (χ1v) is 5.86. The van der Waals surface area contributed by atoms with E-state index in [0.717, 1.165) is 4.47 Å². The maximum absolute atomic E-state index is 4.14. The van der Waals surface area contributed by atoms with Crippen molar-refractivity contribution in [2.24, 2.45) is 0 Å².